The summed E-state index contributed by atoms with van der Waals surface area (Å²) in [6.07, 6.45) is 5.25. The number of carbonyl (C=O) groups excluding carboxylic acids is 1. The lowest BCUT2D eigenvalue weighted by molar-refractivity contribution is 0.182. The molecule has 27 heavy (non-hydrogen) atoms. The van der Waals surface area contributed by atoms with Gasteiger partial charge in [-0.15, -0.1) is 0 Å². The molecule has 3 atom stereocenters. The van der Waals surface area contributed by atoms with Crippen LogP contribution in [-0.4, -0.2) is 51.8 Å². The quantitative estimate of drug-likeness (QED) is 0.758. The lowest BCUT2D eigenvalue weighted by Crippen LogP contribution is -2.37. The molecule has 1 amide bonds. The minimum absolute atomic E-state index is 0.0847. The summed E-state index contributed by atoms with van der Waals surface area (Å²) in [6.45, 7) is 4.71. The van der Waals surface area contributed by atoms with Crippen molar-refractivity contribution >= 4 is 29.2 Å². The minimum Gasteiger partial charge on any atom is -0.322 e. The van der Waals surface area contributed by atoms with Gasteiger partial charge in [-0.2, -0.15) is 9.78 Å². The molecule has 1 saturated heterocycles. The van der Waals surface area contributed by atoms with E-state index in [0.29, 0.717) is 17.0 Å². The van der Waals surface area contributed by atoms with E-state index in [1.807, 2.05) is 23.1 Å². The molecule has 4 rings (SSSR count). The molecule has 5 nitrogen and oxygen atoms in total. The summed E-state index contributed by atoms with van der Waals surface area (Å²) in [4.78, 5) is 17.0. The summed E-state index contributed by atoms with van der Waals surface area (Å²) < 4.78 is 1.34. The molecule has 1 aliphatic heterocycles. The predicted molar refractivity (Wildman–Crippen MR) is 107 cm³/mol. The van der Waals surface area contributed by atoms with E-state index in [-0.39, 0.29) is 11.4 Å². The van der Waals surface area contributed by atoms with Gasteiger partial charge in [-0.3, -0.25) is 4.90 Å². The Labute approximate surface area is 169 Å². The molecule has 0 N–H and O–H groups in total. The van der Waals surface area contributed by atoms with E-state index in [4.69, 9.17) is 23.2 Å². The molecule has 144 valence electrons. The van der Waals surface area contributed by atoms with E-state index in [9.17, 15) is 4.79 Å². The average molecular weight is 407 g/mol. The highest BCUT2D eigenvalue weighted by molar-refractivity contribution is 6.31. The van der Waals surface area contributed by atoms with Gasteiger partial charge in [0.15, 0.2) is 0 Å². The second-order valence-corrected chi connectivity index (χ2v) is 9.06. The maximum absolute atomic E-state index is 12.7. The molecule has 0 bridgehead atoms. The Balaban J connectivity index is 1.40. The topological polar surface area (TPSA) is 41.4 Å². The van der Waals surface area contributed by atoms with Crippen molar-refractivity contribution in [2.45, 2.75) is 32.4 Å². The van der Waals surface area contributed by atoms with E-state index >= 15 is 0 Å². The van der Waals surface area contributed by atoms with Gasteiger partial charge < -0.3 is 4.90 Å². The molecule has 7 heteroatoms. The van der Waals surface area contributed by atoms with Crippen LogP contribution in [0.2, 0.25) is 10.0 Å². The van der Waals surface area contributed by atoms with Crippen LogP contribution in [0.15, 0.2) is 36.7 Å². The van der Waals surface area contributed by atoms with Crippen molar-refractivity contribution in [2.75, 3.05) is 20.1 Å². The fourth-order valence-corrected chi connectivity index (χ4v) is 5.04. The summed E-state index contributed by atoms with van der Waals surface area (Å²) in [5.74, 6) is 0.506. The molecule has 1 aromatic carbocycles. The first-order chi connectivity index (χ1) is 12.9. The molecule has 0 spiro atoms. The maximum Gasteiger partial charge on any atom is 0.344 e. The maximum atomic E-state index is 12.7. The number of carbonyl (C=O) groups is 1. The number of likely N-dealkylation sites (tertiary alicyclic amines) is 1. The Morgan fingerprint density at radius 3 is 2.81 bits per heavy atom. The van der Waals surface area contributed by atoms with Crippen molar-refractivity contribution in [3.63, 3.8) is 0 Å². The second kappa shape index (κ2) is 7.12. The van der Waals surface area contributed by atoms with Crippen LogP contribution in [0.25, 0.3) is 0 Å². The molecule has 0 radical (unpaired) electrons. The molecule has 2 fully saturated rings. The van der Waals surface area contributed by atoms with Gasteiger partial charge in [-0.1, -0.05) is 48.3 Å². The third-order valence-corrected chi connectivity index (χ3v) is 6.82. The Kier molecular flexibility index (Phi) is 4.95. The van der Waals surface area contributed by atoms with Crippen molar-refractivity contribution in [2.24, 2.45) is 11.3 Å². The van der Waals surface area contributed by atoms with E-state index in [0.717, 1.165) is 43.1 Å². The fourth-order valence-electron chi connectivity index (χ4n) is 4.71. The van der Waals surface area contributed by atoms with E-state index < -0.39 is 0 Å². The van der Waals surface area contributed by atoms with E-state index in [1.54, 1.807) is 6.20 Å². The summed E-state index contributed by atoms with van der Waals surface area (Å²) in [6, 6.07) is 8.45. The molecule has 2 aromatic rings. The first-order valence-electron chi connectivity index (χ1n) is 9.29. The number of halogens is 2. The summed E-state index contributed by atoms with van der Waals surface area (Å²) in [5, 5.41) is 5.35. The van der Waals surface area contributed by atoms with Gasteiger partial charge >= 0.3 is 6.03 Å². The second-order valence-electron chi connectivity index (χ2n) is 8.22. The number of amides is 1. The van der Waals surface area contributed by atoms with Crippen LogP contribution < -0.4 is 0 Å². The van der Waals surface area contributed by atoms with Gasteiger partial charge in [0.1, 0.15) is 0 Å². The highest BCUT2D eigenvalue weighted by Gasteiger charge is 2.51. The number of hydrogen-bond donors (Lipinski definition) is 0. The Morgan fingerprint density at radius 2 is 2.15 bits per heavy atom. The predicted octanol–water partition coefficient (Wildman–Crippen LogP) is 4.39. The number of aromatic nitrogens is 2. The SMILES string of the molecule is CN(Cc1ccccc1Cl)[C@H]1C[C@H]2CN(C(=O)n3cc(Cl)cn3)CC2(C)C1. The molecular weight excluding hydrogens is 383 g/mol. The zero-order valence-corrected chi connectivity index (χ0v) is 17.1. The van der Waals surface area contributed by atoms with Gasteiger partial charge in [-0.05, 0) is 42.9 Å². The third kappa shape index (κ3) is 3.60. The van der Waals surface area contributed by atoms with Crippen LogP contribution in [0.3, 0.4) is 0 Å². The number of rotatable bonds is 3. The first-order valence-corrected chi connectivity index (χ1v) is 10.0. The van der Waals surface area contributed by atoms with Crippen molar-refractivity contribution in [1.82, 2.24) is 19.6 Å². The van der Waals surface area contributed by atoms with Gasteiger partial charge in [0.2, 0.25) is 0 Å². The zero-order valence-electron chi connectivity index (χ0n) is 15.6. The van der Waals surface area contributed by atoms with Crippen molar-refractivity contribution in [3.05, 3.63) is 52.3 Å². The van der Waals surface area contributed by atoms with Crippen molar-refractivity contribution < 1.29 is 4.79 Å². The molecule has 1 aromatic heterocycles. The number of nitrogens with zero attached hydrogens (tertiary/aromatic N) is 4. The molecule has 1 aliphatic carbocycles. The van der Waals surface area contributed by atoms with Gasteiger partial charge in [0.05, 0.1) is 17.4 Å². The first kappa shape index (κ1) is 18.8. The lowest BCUT2D eigenvalue weighted by Gasteiger charge is -2.29. The lowest BCUT2D eigenvalue weighted by atomic mass is 9.83. The Bertz CT molecular complexity index is 854. The smallest absolute Gasteiger partial charge is 0.322 e. The molecule has 2 aliphatic rings. The summed E-state index contributed by atoms with van der Waals surface area (Å²) in [5.41, 5.74) is 1.31. The van der Waals surface area contributed by atoms with Crippen LogP contribution in [0.4, 0.5) is 4.79 Å². The van der Waals surface area contributed by atoms with Crippen LogP contribution in [0.5, 0.6) is 0 Å². The van der Waals surface area contributed by atoms with Gasteiger partial charge in [0.25, 0.3) is 0 Å². The molecule has 2 heterocycles. The Morgan fingerprint density at radius 1 is 1.37 bits per heavy atom. The van der Waals surface area contributed by atoms with E-state index in [1.165, 1.54) is 10.9 Å². The van der Waals surface area contributed by atoms with E-state index in [2.05, 4.69) is 30.0 Å². The zero-order chi connectivity index (χ0) is 19.2. The van der Waals surface area contributed by atoms with Crippen LogP contribution in [-0.2, 0) is 6.54 Å². The molecule has 1 saturated carbocycles. The normalized spacial score (nSPS) is 27.4. The fraction of sp³-hybridized carbons (Fsp3) is 0.500. The minimum atomic E-state index is -0.0847. The van der Waals surface area contributed by atoms with Crippen molar-refractivity contribution in [3.8, 4) is 0 Å². The Hall–Kier alpha value is -1.56. The standard InChI is InChI=1S/C20H24Cl2N4O/c1-20-8-17(24(2)10-14-5-3-4-6-18(14)22)7-15(20)11-25(13-20)19(27)26-12-16(21)9-23-26/h3-6,9,12,15,17H,7-8,10-11,13H2,1-2H3/t15-,17-,20?/m0/s1. The van der Waals surface area contributed by atoms with Crippen LogP contribution in [0, 0.1) is 11.3 Å². The van der Waals surface area contributed by atoms with Gasteiger partial charge in [-0.25, -0.2) is 4.79 Å². The highest BCUT2D eigenvalue weighted by Crippen LogP contribution is 2.49. The van der Waals surface area contributed by atoms with Crippen LogP contribution >= 0.6 is 23.2 Å². The summed E-state index contributed by atoms with van der Waals surface area (Å²) in [7, 11) is 2.17. The number of fused-ring (bicyclic) bond motifs is 1. The average Bonchev–Trinajstić information content (AvgIpc) is 3.27. The summed E-state index contributed by atoms with van der Waals surface area (Å²) >= 11 is 12.2. The molecular formula is C20H24Cl2N4O. The molecule has 1 unspecified atom stereocenters. The van der Waals surface area contributed by atoms with Crippen LogP contribution in [0.1, 0.15) is 25.3 Å². The highest BCUT2D eigenvalue weighted by atomic mass is 35.5. The number of hydrogen-bond acceptors (Lipinski definition) is 3. The third-order valence-electron chi connectivity index (χ3n) is 6.26. The van der Waals surface area contributed by atoms with Crippen molar-refractivity contribution in [1.29, 1.82) is 0 Å². The van der Waals surface area contributed by atoms with Gasteiger partial charge in [0, 0.05) is 30.7 Å². The largest absolute Gasteiger partial charge is 0.344 e. The monoisotopic (exact) mass is 406 g/mol. The number of benzene rings is 1.